The van der Waals surface area contributed by atoms with E-state index in [-0.39, 0.29) is 6.10 Å². The lowest BCUT2D eigenvalue weighted by Gasteiger charge is -2.30. The van der Waals surface area contributed by atoms with Crippen LogP contribution < -0.4 is 0 Å². The smallest absolute Gasteiger partial charge is 0.265 e. The quantitative estimate of drug-likeness (QED) is 0.368. The van der Waals surface area contributed by atoms with Crippen LogP contribution in [-0.4, -0.2) is 35.3 Å². The Labute approximate surface area is 109 Å². The predicted octanol–water partition coefficient (Wildman–Crippen LogP) is 2.67. The molecule has 0 saturated carbocycles. The molecule has 0 amide bonds. The molecule has 0 saturated heterocycles. The number of halogens is 3. The third-order valence-corrected chi connectivity index (χ3v) is 2.53. The first-order valence-corrected chi connectivity index (χ1v) is 5.67. The average Bonchev–Trinajstić information content (AvgIpc) is 2.19. The molecular weight excluding hydrogens is 276 g/mol. The third-order valence-electron chi connectivity index (χ3n) is 2.01. The molecule has 0 spiro atoms. The summed E-state index contributed by atoms with van der Waals surface area (Å²) >= 11 is 16.5. The van der Waals surface area contributed by atoms with Gasteiger partial charge in [0.25, 0.3) is 3.79 Å². The van der Waals surface area contributed by atoms with Crippen LogP contribution in [0.5, 0.6) is 0 Å². The second-order valence-corrected chi connectivity index (χ2v) is 5.52. The molecule has 92 valence electrons. The SMILES string of the molecule is CO[C@H]1C=C[C@H](OC(=N)C(Cl)(Cl)Cl)[C@H](C)O1. The minimum atomic E-state index is -1.86. The Hall–Kier alpha value is -0.0000000000000000763. The fourth-order valence-corrected chi connectivity index (χ4v) is 1.30. The molecule has 0 unspecified atom stereocenters. The number of hydrogen-bond donors (Lipinski definition) is 1. The van der Waals surface area contributed by atoms with Gasteiger partial charge in [0.2, 0.25) is 5.90 Å². The monoisotopic (exact) mass is 287 g/mol. The average molecular weight is 289 g/mol. The van der Waals surface area contributed by atoms with Crippen LogP contribution in [0.4, 0.5) is 0 Å². The molecule has 0 aromatic rings. The molecule has 0 aliphatic carbocycles. The molecule has 0 bridgehead atoms. The Kier molecular flexibility index (Phi) is 4.88. The number of alkyl halides is 3. The summed E-state index contributed by atoms with van der Waals surface area (Å²) in [6.45, 7) is 1.78. The minimum Gasteiger partial charge on any atom is -0.468 e. The Morgan fingerprint density at radius 2 is 2.00 bits per heavy atom. The van der Waals surface area contributed by atoms with E-state index in [4.69, 9.17) is 54.4 Å². The van der Waals surface area contributed by atoms with Gasteiger partial charge in [-0.2, -0.15) is 0 Å². The molecule has 7 heteroatoms. The highest BCUT2D eigenvalue weighted by Crippen LogP contribution is 2.29. The summed E-state index contributed by atoms with van der Waals surface area (Å²) in [5.74, 6) is -0.432. The second-order valence-electron chi connectivity index (χ2n) is 3.24. The van der Waals surface area contributed by atoms with Crippen LogP contribution in [0.3, 0.4) is 0 Å². The zero-order valence-corrected chi connectivity index (χ0v) is 11.0. The van der Waals surface area contributed by atoms with Gasteiger partial charge in [-0.05, 0) is 19.1 Å². The summed E-state index contributed by atoms with van der Waals surface area (Å²) < 4.78 is 13.7. The molecule has 0 radical (unpaired) electrons. The number of methoxy groups -OCH3 is 1. The highest BCUT2D eigenvalue weighted by molar-refractivity contribution is 6.76. The molecule has 4 nitrogen and oxygen atoms in total. The van der Waals surface area contributed by atoms with Crippen LogP contribution in [0.1, 0.15) is 6.92 Å². The van der Waals surface area contributed by atoms with Gasteiger partial charge in [-0.3, -0.25) is 5.41 Å². The predicted molar refractivity (Wildman–Crippen MR) is 63.4 cm³/mol. The summed E-state index contributed by atoms with van der Waals surface area (Å²) in [5.41, 5.74) is 0. The van der Waals surface area contributed by atoms with Crippen molar-refractivity contribution in [3.05, 3.63) is 12.2 Å². The first-order valence-electron chi connectivity index (χ1n) is 4.53. The highest BCUT2D eigenvalue weighted by atomic mass is 35.6. The van der Waals surface area contributed by atoms with Crippen molar-refractivity contribution in [1.29, 1.82) is 5.41 Å². The Balaban J connectivity index is 2.59. The lowest BCUT2D eigenvalue weighted by molar-refractivity contribution is -0.149. The third kappa shape index (κ3) is 3.79. The minimum absolute atomic E-state index is 0.289. The summed E-state index contributed by atoms with van der Waals surface area (Å²) in [7, 11) is 1.53. The van der Waals surface area contributed by atoms with Crippen molar-refractivity contribution in [2.24, 2.45) is 0 Å². The molecule has 0 aromatic heterocycles. The molecule has 0 aromatic carbocycles. The van der Waals surface area contributed by atoms with Crippen molar-refractivity contribution >= 4 is 40.7 Å². The maximum absolute atomic E-state index is 7.42. The van der Waals surface area contributed by atoms with E-state index in [9.17, 15) is 0 Å². The molecular formula is C9H12Cl3NO3. The first kappa shape index (κ1) is 14.1. The maximum atomic E-state index is 7.42. The van der Waals surface area contributed by atoms with Crippen molar-refractivity contribution < 1.29 is 14.2 Å². The zero-order chi connectivity index (χ0) is 12.3. The standard InChI is InChI=1S/C9H12Cl3NO3/c1-5-6(3-4-7(14-2)15-5)16-8(13)9(10,11)12/h3-7,13H,1-2H3/t5-,6-,7+/m0/s1. The van der Waals surface area contributed by atoms with Crippen molar-refractivity contribution in [3.63, 3.8) is 0 Å². The van der Waals surface area contributed by atoms with Crippen molar-refractivity contribution in [1.82, 2.24) is 0 Å². The topological polar surface area (TPSA) is 51.5 Å². The fraction of sp³-hybridized carbons (Fsp3) is 0.667. The van der Waals surface area contributed by atoms with Gasteiger partial charge < -0.3 is 14.2 Å². The van der Waals surface area contributed by atoms with Crippen molar-refractivity contribution in [3.8, 4) is 0 Å². The summed E-state index contributed by atoms with van der Waals surface area (Å²) in [5, 5.41) is 7.42. The fourth-order valence-electron chi connectivity index (χ4n) is 1.16. The van der Waals surface area contributed by atoms with Crippen LogP contribution in [0.25, 0.3) is 0 Å². The molecule has 0 fully saturated rings. The first-order chi connectivity index (χ1) is 7.34. The van der Waals surface area contributed by atoms with E-state index in [1.54, 1.807) is 19.1 Å². The number of nitrogens with one attached hydrogen (secondary N) is 1. The van der Waals surface area contributed by atoms with Gasteiger partial charge in [-0.15, -0.1) is 0 Å². The van der Waals surface area contributed by atoms with Crippen molar-refractivity contribution in [2.45, 2.75) is 29.2 Å². The Morgan fingerprint density at radius 1 is 1.38 bits per heavy atom. The number of rotatable bonds is 2. The van der Waals surface area contributed by atoms with E-state index in [1.807, 2.05) is 0 Å². The number of ether oxygens (including phenoxy) is 3. The lowest BCUT2D eigenvalue weighted by Crippen LogP contribution is -2.38. The molecule has 1 rings (SSSR count). The molecule has 1 aliphatic rings. The second kappa shape index (κ2) is 5.56. The van der Waals surface area contributed by atoms with Crippen molar-refractivity contribution in [2.75, 3.05) is 7.11 Å². The van der Waals surface area contributed by atoms with Crippen LogP contribution in [0.2, 0.25) is 0 Å². The van der Waals surface area contributed by atoms with Crippen LogP contribution in [-0.2, 0) is 14.2 Å². The van der Waals surface area contributed by atoms with Gasteiger partial charge in [-0.1, -0.05) is 34.8 Å². The summed E-state index contributed by atoms with van der Waals surface area (Å²) in [4.78, 5) is 0. The largest absolute Gasteiger partial charge is 0.468 e. The molecule has 1 aliphatic heterocycles. The van der Waals surface area contributed by atoms with Gasteiger partial charge in [0.15, 0.2) is 6.29 Å². The zero-order valence-electron chi connectivity index (χ0n) is 8.75. The Bertz CT molecular complexity index is 290. The molecule has 1 N–H and O–H groups in total. The van der Waals surface area contributed by atoms with Gasteiger partial charge >= 0.3 is 0 Å². The van der Waals surface area contributed by atoms with Gasteiger partial charge in [0, 0.05) is 7.11 Å². The van der Waals surface area contributed by atoms with Crippen LogP contribution >= 0.6 is 34.8 Å². The Morgan fingerprint density at radius 3 is 2.44 bits per heavy atom. The van der Waals surface area contributed by atoms with Crippen LogP contribution in [0, 0.1) is 5.41 Å². The van der Waals surface area contributed by atoms with Gasteiger partial charge in [0.05, 0.1) is 6.10 Å². The van der Waals surface area contributed by atoms with E-state index in [0.29, 0.717) is 0 Å². The van der Waals surface area contributed by atoms with Crippen LogP contribution in [0.15, 0.2) is 12.2 Å². The van der Waals surface area contributed by atoms with E-state index in [2.05, 4.69) is 0 Å². The molecule has 1 heterocycles. The summed E-state index contributed by atoms with van der Waals surface area (Å²) in [6.07, 6.45) is 2.23. The van der Waals surface area contributed by atoms with E-state index in [1.165, 1.54) is 7.11 Å². The lowest BCUT2D eigenvalue weighted by atomic mass is 10.1. The van der Waals surface area contributed by atoms with Gasteiger partial charge in [0.1, 0.15) is 6.10 Å². The van der Waals surface area contributed by atoms with Gasteiger partial charge in [-0.25, -0.2) is 0 Å². The molecule has 3 atom stereocenters. The summed E-state index contributed by atoms with van der Waals surface area (Å²) in [6, 6.07) is 0. The van der Waals surface area contributed by atoms with E-state index in [0.717, 1.165) is 0 Å². The van der Waals surface area contributed by atoms with E-state index < -0.39 is 22.1 Å². The molecule has 16 heavy (non-hydrogen) atoms. The number of hydrogen-bond acceptors (Lipinski definition) is 4. The normalized spacial score (nSPS) is 30.2. The maximum Gasteiger partial charge on any atom is 0.265 e. The van der Waals surface area contributed by atoms with E-state index >= 15 is 0 Å². The highest BCUT2D eigenvalue weighted by Gasteiger charge is 2.33.